The van der Waals surface area contributed by atoms with Crippen molar-refractivity contribution < 1.29 is 38.6 Å². The number of phenols is 1. The number of benzene rings is 2. The summed E-state index contributed by atoms with van der Waals surface area (Å²) in [7, 11) is 0. The molecule has 6 aliphatic rings. The normalized spacial score (nSPS) is 24.4. The van der Waals surface area contributed by atoms with Crippen LogP contribution < -0.4 is 30.5 Å². The molecule has 1 saturated carbocycles. The number of rotatable bonds is 15. The minimum Gasteiger partial charge on any atom is -0.507 e. The van der Waals surface area contributed by atoms with E-state index in [1.807, 2.05) is 50.1 Å². The Morgan fingerprint density at radius 1 is 0.833 bits per heavy atom. The van der Waals surface area contributed by atoms with Gasteiger partial charge in [-0.25, -0.2) is 4.98 Å². The topological polar surface area (TPSA) is 253 Å². The molecule has 5 N–H and O–H groups in total. The number of aromatic hydroxyl groups is 1. The quantitative estimate of drug-likeness (QED) is 0.0944. The van der Waals surface area contributed by atoms with Crippen molar-refractivity contribution in [2.45, 2.75) is 133 Å². The molecule has 0 spiro atoms. The first-order valence-corrected chi connectivity index (χ1v) is 27.8. The van der Waals surface area contributed by atoms with Crippen molar-refractivity contribution >= 4 is 40.7 Å². The summed E-state index contributed by atoms with van der Waals surface area (Å²) in [6, 6.07) is 23.4. The van der Waals surface area contributed by atoms with Crippen molar-refractivity contribution in [3.8, 4) is 29.0 Å². The van der Waals surface area contributed by atoms with Gasteiger partial charge in [0.1, 0.15) is 23.8 Å². The Morgan fingerprint density at radius 3 is 2.27 bits per heavy atom. The summed E-state index contributed by atoms with van der Waals surface area (Å²) in [6.45, 7) is 9.85. The van der Waals surface area contributed by atoms with E-state index in [2.05, 4.69) is 58.6 Å². The van der Waals surface area contributed by atoms with E-state index in [0.717, 1.165) is 68.6 Å². The number of para-hydroxylation sites is 1. The molecular formula is C58H70N12O8. The van der Waals surface area contributed by atoms with Gasteiger partial charge >= 0.3 is 0 Å². The Labute approximate surface area is 454 Å². The van der Waals surface area contributed by atoms with Crippen LogP contribution in [0.5, 0.6) is 11.6 Å². The molecule has 5 aromatic rings. The van der Waals surface area contributed by atoms with Crippen LogP contribution >= 0.6 is 0 Å². The van der Waals surface area contributed by atoms with E-state index in [1.54, 1.807) is 42.5 Å². The lowest BCUT2D eigenvalue weighted by Crippen LogP contribution is -2.54. The standard InChI is InChI=1S/C58H70N12O8/c1-34(2)54(58(75)69-33-42(71)25-49(69)56(73)62-35(3)37-10-8-36(30-59)9-11-37)51-29-52(65-78-51)66-20-15-38(16-21-66)57(74)67-22-17-43(18-23-67)76-44-26-45(27-44)77-53-24-39(14-19-61-53)70-40-12-13-41(70)32-68(31-40)48-28-47(63-64-55(48)60)46-6-4-5-7-50(46)72/h4-11,14,19,24,28-29,34-35,38,40-45,49,54,71-72H,12-13,15-18,20-23,25-27,31-33H2,1-3H3,(H2,60,64)(H,62,73)/t35-,40?,41?,42+,44?,45?,49-,54-/m0/s1. The van der Waals surface area contributed by atoms with Gasteiger partial charge < -0.3 is 59.8 Å². The number of β-amino-alcohol motifs (C(OH)–C–C–N with tert-alkyl or cyclic N) is 1. The van der Waals surface area contributed by atoms with Crippen LogP contribution in [0.2, 0.25) is 0 Å². The Bertz CT molecular complexity index is 2990. The number of phenolic OH excluding ortho intramolecular Hbond substituents is 1. The van der Waals surface area contributed by atoms with Crippen molar-refractivity contribution in [2.24, 2.45) is 11.8 Å². The van der Waals surface area contributed by atoms with E-state index in [-0.39, 0.29) is 84.7 Å². The number of aliphatic hydroxyl groups excluding tert-OH is 1. The first kappa shape index (κ1) is 52.5. The molecule has 410 valence electrons. The highest BCUT2D eigenvalue weighted by Gasteiger charge is 2.45. The largest absolute Gasteiger partial charge is 0.507 e. The lowest BCUT2D eigenvalue weighted by atomic mass is 9.91. The number of nitrogens with one attached hydrogen (secondary N) is 1. The molecule has 20 nitrogen and oxygen atoms in total. The maximum Gasteiger partial charge on any atom is 0.243 e. The van der Waals surface area contributed by atoms with E-state index in [1.165, 1.54) is 4.90 Å². The number of anilines is 4. The summed E-state index contributed by atoms with van der Waals surface area (Å²) in [5, 5.41) is 46.2. The Kier molecular flexibility index (Phi) is 15.1. The summed E-state index contributed by atoms with van der Waals surface area (Å²) in [5.74, 6) is 0.674. The second-order valence-electron chi connectivity index (χ2n) is 22.5. The zero-order valence-electron chi connectivity index (χ0n) is 44.6. The monoisotopic (exact) mass is 1060 g/mol. The summed E-state index contributed by atoms with van der Waals surface area (Å²) in [4.78, 5) is 56.7. The molecule has 6 fully saturated rings. The van der Waals surface area contributed by atoms with Gasteiger partial charge in [-0.1, -0.05) is 43.3 Å². The van der Waals surface area contributed by atoms with Crippen molar-refractivity contribution in [1.82, 2.24) is 35.5 Å². The molecular weight excluding hydrogens is 993 g/mol. The highest BCUT2D eigenvalue weighted by atomic mass is 16.5. The third-order valence-corrected chi connectivity index (χ3v) is 17.0. The summed E-state index contributed by atoms with van der Waals surface area (Å²) in [6.07, 6.45) is 7.98. The molecule has 6 atom stereocenters. The van der Waals surface area contributed by atoms with Gasteiger partial charge in [0, 0.05) is 113 Å². The number of likely N-dealkylation sites (tertiary alicyclic amines) is 2. The highest BCUT2D eigenvalue weighted by Crippen LogP contribution is 2.41. The van der Waals surface area contributed by atoms with Crippen LogP contribution in [0, 0.1) is 23.2 Å². The number of carbonyl (C=O) groups excluding carboxylic acids is 3. The average molecular weight is 1060 g/mol. The van der Waals surface area contributed by atoms with Crippen molar-refractivity contribution in [3.63, 3.8) is 0 Å². The average Bonchev–Trinajstić information content (AvgIpc) is 4.31. The first-order chi connectivity index (χ1) is 37.8. The highest BCUT2D eigenvalue weighted by molar-refractivity contribution is 5.91. The van der Waals surface area contributed by atoms with E-state index in [9.17, 15) is 24.6 Å². The van der Waals surface area contributed by atoms with Crippen molar-refractivity contribution in [2.75, 3.05) is 66.2 Å². The van der Waals surface area contributed by atoms with Crippen LogP contribution in [0.1, 0.15) is 107 Å². The number of ether oxygens (including phenoxy) is 2. The minimum absolute atomic E-state index is 0.0251. The molecule has 11 rings (SSSR count). The molecule has 3 amide bonds. The fourth-order valence-corrected chi connectivity index (χ4v) is 12.6. The molecule has 1 aliphatic carbocycles. The molecule has 2 bridgehead atoms. The summed E-state index contributed by atoms with van der Waals surface area (Å²) >= 11 is 0. The number of piperidine rings is 2. The zero-order valence-corrected chi connectivity index (χ0v) is 44.6. The number of aliphatic hydroxyl groups is 1. The third-order valence-electron chi connectivity index (χ3n) is 17.0. The fourth-order valence-electron chi connectivity index (χ4n) is 12.6. The number of piperazine rings is 1. The smallest absolute Gasteiger partial charge is 0.243 e. The third kappa shape index (κ3) is 11.0. The van der Waals surface area contributed by atoms with Gasteiger partial charge in [-0.3, -0.25) is 14.4 Å². The van der Waals surface area contributed by atoms with Gasteiger partial charge in [0.05, 0.1) is 47.4 Å². The van der Waals surface area contributed by atoms with E-state index in [4.69, 9.17) is 25.0 Å². The number of hydrogen-bond acceptors (Lipinski definition) is 17. The first-order valence-electron chi connectivity index (χ1n) is 27.8. The molecule has 0 radical (unpaired) electrons. The molecule has 20 heteroatoms. The number of amides is 3. The number of nitrogens with zero attached hydrogens (tertiary/aromatic N) is 10. The van der Waals surface area contributed by atoms with Crippen LogP contribution in [0.15, 0.2) is 83.5 Å². The second kappa shape index (κ2) is 22.5. The number of nitrogens with two attached hydrogens (primary N) is 1. The lowest BCUT2D eigenvalue weighted by molar-refractivity contribution is -0.142. The maximum atomic E-state index is 14.3. The predicted molar refractivity (Wildman–Crippen MR) is 290 cm³/mol. The number of pyridine rings is 1. The van der Waals surface area contributed by atoms with Gasteiger partial charge in [0.2, 0.25) is 23.6 Å². The van der Waals surface area contributed by atoms with Crippen molar-refractivity contribution in [3.05, 3.63) is 95.9 Å². The number of nitrogen functional groups attached to an aromatic ring is 1. The van der Waals surface area contributed by atoms with E-state index in [0.29, 0.717) is 79.1 Å². The molecule has 3 aromatic heterocycles. The number of aromatic nitrogens is 4. The van der Waals surface area contributed by atoms with Crippen LogP contribution in [0.25, 0.3) is 11.3 Å². The molecule has 5 saturated heterocycles. The Balaban J connectivity index is 0.609. The SMILES string of the molecule is CC(C)[C@H](C(=O)N1C[C@H](O)C[C@H]1C(=O)N[C@@H](C)c1ccc(C#N)cc1)c1cc(N2CCC(C(=O)N3CCC(OC4CC(Oc5cc(N6C7CCC6CN(c6cc(-c8ccccc8O)nnc6N)C7)ccn5)C4)CC3)CC2)no1. The second-order valence-corrected chi connectivity index (χ2v) is 22.5. The van der Waals surface area contributed by atoms with Gasteiger partial charge in [0.25, 0.3) is 0 Å². The molecule has 8 heterocycles. The van der Waals surface area contributed by atoms with Gasteiger partial charge in [-0.2, -0.15) is 5.26 Å². The van der Waals surface area contributed by atoms with Gasteiger partial charge in [0.15, 0.2) is 17.4 Å². The summed E-state index contributed by atoms with van der Waals surface area (Å²) in [5.41, 5.74) is 10.9. The number of nitriles is 1. The number of hydrogen-bond donors (Lipinski definition) is 4. The number of carbonyl (C=O) groups is 3. The van der Waals surface area contributed by atoms with Crippen LogP contribution in [0.4, 0.5) is 23.0 Å². The van der Waals surface area contributed by atoms with Crippen LogP contribution in [-0.2, 0) is 19.1 Å². The Morgan fingerprint density at radius 2 is 1.56 bits per heavy atom. The molecule has 2 aromatic carbocycles. The molecule has 5 aliphatic heterocycles. The van der Waals surface area contributed by atoms with E-state index < -0.39 is 18.1 Å². The summed E-state index contributed by atoms with van der Waals surface area (Å²) < 4.78 is 18.8. The van der Waals surface area contributed by atoms with Crippen molar-refractivity contribution in [1.29, 1.82) is 5.26 Å². The molecule has 2 unspecified atom stereocenters. The van der Waals surface area contributed by atoms with Gasteiger partial charge in [-0.05, 0) is 93.3 Å². The fraction of sp³-hybridized carbons (Fsp3) is 0.517. The zero-order chi connectivity index (χ0) is 54.2. The van der Waals surface area contributed by atoms with Gasteiger partial charge in [-0.15, -0.1) is 10.2 Å². The van der Waals surface area contributed by atoms with Crippen LogP contribution in [0.3, 0.4) is 0 Å². The molecule has 78 heavy (non-hydrogen) atoms. The Hall–Kier alpha value is -7.50. The number of fused-ring (bicyclic) bond motifs is 2. The lowest BCUT2D eigenvalue weighted by Gasteiger charge is -2.43. The predicted octanol–water partition coefficient (Wildman–Crippen LogP) is 5.96. The van der Waals surface area contributed by atoms with Crippen LogP contribution in [-0.4, -0.2) is 146 Å². The minimum atomic E-state index is -0.859. The van der Waals surface area contributed by atoms with E-state index >= 15 is 0 Å². The maximum absolute atomic E-state index is 14.3.